The Morgan fingerprint density at radius 1 is 0.939 bits per heavy atom. The third-order valence-corrected chi connectivity index (χ3v) is 7.09. The highest BCUT2D eigenvalue weighted by molar-refractivity contribution is 7.54. The Morgan fingerprint density at radius 3 is 1.97 bits per heavy atom. The molecule has 1 atom stereocenters. The van der Waals surface area contributed by atoms with Crippen LogP contribution in [0.25, 0.3) is 0 Å². The average Bonchev–Trinajstić information content (AvgIpc) is 2.84. The molecule has 3 aromatic rings. The number of hydrogen-bond acceptors (Lipinski definition) is 7. The van der Waals surface area contributed by atoms with Gasteiger partial charge in [-0.2, -0.15) is 0 Å². The summed E-state index contributed by atoms with van der Waals surface area (Å²) in [6.45, 7) is 0.0951. The van der Waals surface area contributed by atoms with Crippen LogP contribution in [-0.4, -0.2) is 40.1 Å². The number of nitrogens with zero attached hydrogens (tertiary/aromatic N) is 2. The van der Waals surface area contributed by atoms with E-state index in [-0.39, 0.29) is 18.7 Å². The smallest absolute Gasteiger partial charge is 0.358 e. The first-order chi connectivity index (χ1) is 15.8. The molecule has 0 bridgehead atoms. The third kappa shape index (κ3) is 5.64. The summed E-state index contributed by atoms with van der Waals surface area (Å²) in [6, 6.07) is 18.0. The molecule has 2 aromatic carbocycles. The van der Waals surface area contributed by atoms with Crippen molar-refractivity contribution >= 4 is 13.4 Å². The lowest BCUT2D eigenvalue weighted by atomic mass is 10.1. The molecule has 9 nitrogen and oxygen atoms in total. The number of rotatable bonds is 10. The maximum absolute atomic E-state index is 13.1. The first-order valence-electron chi connectivity index (χ1n) is 10.1. The number of carbonyl (C=O) groups is 1. The minimum Gasteiger partial charge on any atom is -0.380 e. The van der Waals surface area contributed by atoms with Gasteiger partial charge in [0.25, 0.3) is 5.56 Å². The van der Waals surface area contributed by atoms with E-state index in [1.807, 2.05) is 36.4 Å². The number of carbonyl (C=O) groups excluding carboxylic acids is 1. The first-order valence-corrected chi connectivity index (χ1v) is 11.7. The van der Waals surface area contributed by atoms with Gasteiger partial charge >= 0.3 is 13.3 Å². The van der Waals surface area contributed by atoms with Crippen LogP contribution in [-0.2, 0) is 26.7 Å². The maximum Gasteiger partial charge on any atom is 0.358 e. The zero-order valence-electron chi connectivity index (χ0n) is 18.3. The van der Waals surface area contributed by atoms with Gasteiger partial charge in [-0.3, -0.25) is 23.3 Å². The summed E-state index contributed by atoms with van der Waals surface area (Å²) < 4.78 is 24.1. The van der Waals surface area contributed by atoms with Gasteiger partial charge in [0.05, 0.1) is 18.7 Å². The van der Waals surface area contributed by atoms with E-state index in [1.54, 1.807) is 24.3 Å². The number of aromatic nitrogens is 2. The molecule has 0 spiro atoms. The number of ketones is 1. The zero-order chi connectivity index (χ0) is 24.0. The second-order valence-corrected chi connectivity index (χ2v) is 9.73. The van der Waals surface area contributed by atoms with Gasteiger partial charge in [0.1, 0.15) is 0 Å². The minimum absolute atomic E-state index is 0.0361. The summed E-state index contributed by atoms with van der Waals surface area (Å²) >= 11 is 0. The third-order valence-electron chi connectivity index (χ3n) is 5.16. The van der Waals surface area contributed by atoms with Gasteiger partial charge in [-0.25, -0.2) is 4.79 Å². The Balaban J connectivity index is 2.06. The summed E-state index contributed by atoms with van der Waals surface area (Å²) in [5.41, 5.74) is -0.180. The van der Waals surface area contributed by atoms with Gasteiger partial charge in [0.15, 0.2) is 11.6 Å². The summed E-state index contributed by atoms with van der Waals surface area (Å²) in [4.78, 5) is 39.2. The Kier molecular flexibility index (Phi) is 7.94. The highest BCUT2D eigenvalue weighted by Gasteiger charge is 2.35. The number of hydrogen-bond donors (Lipinski definition) is 1. The van der Waals surface area contributed by atoms with E-state index in [4.69, 9.17) is 9.05 Å². The normalized spacial score (nSPS) is 12.5. The molecule has 3 rings (SSSR count). The average molecular weight is 472 g/mol. The lowest BCUT2D eigenvalue weighted by Gasteiger charge is -2.19. The summed E-state index contributed by atoms with van der Waals surface area (Å²) in [5, 5.41) is 10.2. The number of Topliss-reactive ketones (excluding diaryl/α,β-unsaturated/α-hetero) is 1. The molecule has 0 aliphatic carbocycles. The number of benzene rings is 2. The van der Waals surface area contributed by atoms with Crippen LogP contribution >= 0.6 is 7.60 Å². The van der Waals surface area contributed by atoms with E-state index in [0.29, 0.717) is 5.56 Å². The fraction of sp³-hybridized carbons (Fsp3) is 0.261. The largest absolute Gasteiger partial charge is 0.380 e. The van der Waals surface area contributed by atoms with Crippen molar-refractivity contribution in [2.24, 2.45) is 0 Å². The molecular formula is C23H25N2O7P. The van der Waals surface area contributed by atoms with Crippen molar-refractivity contribution in [3.8, 4) is 0 Å². The number of aliphatic hydroxyl groups is 1. The van der Waals surface area contributed by atoms with Crippen molar-refractivity contribution in [2.45, 2.75) is 25.4 Å². The van der Waals surface area contributed by atoms with Crippen LogP contribution in [0, 0.1) is 0 Å². The predicted molar refractivity (Wildman–Crippen MR) is 123 cm³/mol. The van der Waals surface area contributed by atoms with Gasteiger partial charge in [-0.15, -0.1) is 0 Å². The zero-order valence-corrected chi connectivity index (χ0v) is 19.2. The van der Waals surface area contributed by atoms with Crippen LogP contribution in [0.1, 0.15) is 27.9 Å². The van der Waals surface area contributed by atoms with Crippen molar-refractivity contribution < 1.29 is 23.5 Å². The van der Waals surface area contributed by atoms with Crippen molar-refractivity contribution in [3.63, 3.8) is 0 Å². The van der Waals surface area contributed by atoms with Crippen LogP contribution in [0.3, 0.4) is 0 Å². The second kappa shape index (κ2) is 10.7. The monoisotopic (exact) mass is 472 g/mol. The summed E-state index contributed by atoms with van der Waals surface area (Å²) in [7, 11) is -1.77. The Morgan fingerprint density at radius 2 is 1.45 bits per heavy atom. The Bertz CT molecular complexity index is 1260. The van der Waals surface area contributed by atoms with Gasteiger partial charge in [-0.1, -0.05) is 60.7 Å². The topological polar surface area (TPSA) is 117 Å². The molecule has 0 aliphatic rings. The van der Waals surface area contributed by atoms with Gasteiger partial charge in [0.2, 0.25) is 0 Å². The quantitative estimate of drug-likeness (QED) is 0.356. The molecule has 0 saturated heterocycles. The van der Waals surface area contributed by atoms with Crippen molar-refractivity contribution in [3.05, 3.63) is 104 Å². The van der Waals surface area contributed by atoms with E-state index in [0.717, 1.165) is 24.4 Å². The molecule has 174 valence electrons. The molecule has 0 amide bonds. The highest BCUT2D eigenvalue weighted by atomic mass is 31.2. The first kappa shape index (κ1) is 24.5. The fourth-order valence-electron chi connectivity index (χ4n) is 3.35. The Labute approximate surface area is 190 Å². The van der Waals surface area contributed by atoms with Crippen LogP contribution < -0.4 is 11.2 Å². The van der Waals surface area contributed by atoms with Crippen LogP contribution in [0.4, 0.5) is 0 Å². The molecule has 0 saturated carbocycles. The Hall–Kier alpha value is -3.10. The fourth-order valence-corrected chi connectivity index (χ4v) is 4.37. The van der Waals surface area contributed by atoms with E-state index < -0.39 is 36.9 Å². The van der Waals surface area contributed by atoms with E-state index in [2.05, 4.69) is 0 Å². The van der Waals surface area contributed by atoms with Crippen LogP contribution in [0.5, 0.6) is 0 Å². The minimum atomic E-state index is -3.95. The van der Waals surface area contributed by atoms with E-state index >= 15 is 0 Å². The molecule has 0 aliphatic heterocycles. The van der Waals surface area contributed by atoms with Gasteiger partial charge < -0.3 is 14.2 Å². The van der Waals surface area contributed by atoms with Crippen molar-refractivity contribution in [1.29, 1.82) is 0 Å². The molecule has 1 N–H and O–H groups in total. The predicted octanol–water partition coefficient (Wildman–Crippen LogP) is 2.48. The van der Waals surface area contributed by atoms with Crippen molar-refractivity contribution in [2.75, 3.05) is 14.2 Å². The molecular weight excluding hydrogens is 447 g/mol. The number of aliphatic hydroxyl groups excluding tert-OH is 1. The summed E-state index contributed by atoms with van der Waals surface area (Å²) in [5.74, 6) is -2.55. The standard InChI is InChI=1S/C23H25N2O7P/c1-31-33(30,32-2)21(27)13-20(26)19-16-24(14-17-9-5-3-6-10-17)23(29)25(22(19)28)15-18-11-7-4-8-12-18/h3-12,16,21,27H,13-15H2,1-2H3. The van der Waals surface area contributed by atoms with Gasteiger partial charge in [-0.05, 0) is 11.1 Å². The molecule has 33 heavy (non-hydrogen) atoms. The summed E-state index contributed by atoms with van der Waals surface area (Å²) in [6.07, 6.45) is 0.502. The molecule has 1 unspecified atom stereocenters. The SMILES string of the molecule is COP(=O)(OC)C(O)CC(=O)c1cn(Cc2ccccc2)c(=O)n(Cc2ccccc2)c1=O. The van der Waals surface area contributed by atoms with Crippen LogP contribution in [0.15, 0.2) is 76.4 Å². The van der Waals surface area contributed by atoms with Crippen LogP contribution in [0.2, 0.25) is 0 Å². The molecule has 10 heteroatoms. The van der Waals surface area contributed by atoms with Gasteiger partial charge in [0, 0.05) is 26.8 Å². The maximum atomic E-state index is 13.1. The van der Waals surface area contributed by atoms with E-state index in [1.165, 1.54) is 10.8 Å². The second-order valence-electron chi connectivity index (χ2n) is 7.33. The molecule has 0 radical (unpaired) electrons. The highest BCUT2D eigenvalue weighted by Crippen LogP contribution is 2.51. The molecule has 1 heterocycles. The molecule has 1 aromatic heterocycles. The lowest BCUT2D eigenvalue weighted by Crippen LogP contribution is -2.43. The van der Waals surface area contributed by atoms with Crippen molar-refractivity contribution in [1.82, 2.24) is 9.13 Å². The lowest BCUT2D eigenvalue weighted by molar-refractivity contribution is 0.0906. The molecule has 0 fully saturated rings. The van der Waals surface area contributed by atoms with E-state index in [9.17, 15) is 24.1 Å².